The van der Waals surface area contributed by atoms with Crippen molar-refractivity contribution in [2.75, 3.05) is 26.6 Å². The van der Waals surface area contributed by atoms with Crippen LogP contribution in [0, 0.1) is 13.8 Å². The molecule has 0 bridgehead atoms. The number of rotatable bonds is 9. The fourth-order valence-electron chi connectivity index (χ4n) is 3.92. The predicted octanol–water partition coefficient (Wildman–Crippen LogP) is 4.33. The zero-order chi connectivity index (χ0) is 22.7. The van der Waals surface area contributed by atoms with Crippen LogP contribution in [0.15, 0.2) is 33.9 Å². The van der Waals surface area contributed by atoms with E-state index in [0.717, 1.165) is 42.9 Å². The lowest BCUT2D eigenvalue weighted by Gasteiger charge is -2.14. The predicted molar refractivity (Wildman–Crippen MR) is 121 cm³/mol. The highest BCUT2D eigenvalue weighted by molar-refractivity contribution is 7.99. The molecule has 0 aliphatic carbocycles. The molecule has 4 rings (SSSR count). The van der Waals surface area contributed by atoms with Crippen LogP contribution >= 0.6 is 11.8 Å². The summed E-state index contributed by atoms with van der Waals surface area (Å²) in [5, 5.41) is 8.51. The summed E-state index contributed by atoms with van der Waals surface area (Å²) < 4.78 is 24.3. The van der Waals surface area contributed by atoms with Gasteiger partial charge in [-0.25, -0.2) is 0 Å². The average molecular weight is 458 g/mol. The Morgan fingerprint density at radius 3 is 2.72 bits per heavy atom. The molecule has 1 aliphatic rings. The van der Waals surface area contributed by atoms with Crippen molar-refractivity contribution in [3.05, 3.63) is 41.2 Å². The minimum absolute atomic E-state index is 0.0348. The maximum atomic E-state index is 12.9. The molecule has 1 saturated heterocycles. The Labute approximate surface area is 191 Å². The van der Waals surface area contributed by atoms with E-state index in [-0.39, 0.29) is 17.6 Å². The number of carbonyl (C=O) groups is 1. The van der Waals surface area contributed by atoms with Crippen LogP contribution in [-0.2, 0) is 11.3 Å². The Kier molecular flexibility index (Phi) is 6.86. The van der Waals surface area contributed by atoms with Gasteiger partial charge in [0.15, 0.2) is 17.3 Å². The number of hydrogen-bond acceptors (Lipinski definition) is 8. The Morgan fingerprint density at radius 2 is 2.00 bits per heavy atom. The van der Waals surface area contributed by atoms with Crippen molar-refractivity contribution in [1.82, 2.24) is 14.8 Å². The van der Waals surface area contributed by atoms with Crippen molar-refractivity contribution in [1.29, 1.82) is 0 Å². The summed E-state index contributed by atoms with van der Waals surface area (Å²) in [6.07, 6.45) is 2.39. The second kappa shape index (κ2) is 9.79. The van der Waals surface area contributed by atoms with Crippen LogP contribution in [0.2, 0.25) is 0 Å². The average Bonchev–Trinajstić information content (AvgIpc) is 3.55. The van der Waals surface area contributed by atoms with Gasteiger partial charge in [0.05, 0.1) is 26.1 Å². The minimum atomic E-state index is 0.0348. The third kappa shape index (κ3) is 4.68. The summed E-state index contributed by atoms with van der Waals surface area (Å²) in [7, 11) is 3.15. The van der Waals surface area contributed by atoms with Gasteiger partial charge in [0.25, 0.3) is 5.22 Å². The molecular formula is C23H27N3O5S. The third-order valence-corrected chi connectivity index (χ3v) is 6.47. The first-order chi connectivity index (χ1) is 15.5. The first-order valence-electron chi connectivity index (χ1n) is 10.5. The van der Waals surface area contributed by atoms with Gasteiger partial charge in [-0.1, -0.05) is 11.8 Å². The van der Waals surface area contributed by atoms with Gasteiger partial charge in [-0.05, 0) is 51.0 Å². The standard InChI is InChI=1S/C23H27N3O5S/c1-14-10-18(15(2)26(14)12-17-6-5-9-30-17)19(27)13-32-23-25-24-22(31-23)16-7-8-20(28-3)21(11-16)29-4/h7-8,10-11,17H,5-6,9,12-13H2,1-4H3. The second-order valence-corrected chi connectivity index (χ2v) is 8.61. The van der Waals surface area contributed by atoms with Crippen LogP contribution in [0.3, 0.4) is 0 Å². The Hall–Kier alpha value is -2.78. The van der Waals surface area contributed by atoms with Crippen LogP contribution in [0.1, 0.15) is 34.6 Å². The molecule has 1 unspecified atom stereocenters. The summed E-state index contributed by atoms with van der Waals surface area (Å²) in [6, 6.07) is 7.32. The van der Waals surface area contributed by atoms with Crippen molar-refractivity contribution in [3.8, 4) is 23.0 Å². The molecule has 0 amide bonds. The van der Waals surface area contributed by atoms with Crippen molar-refractivity contribution >= 4 is 17.5 Å². The van der Waals surface area contributed by atoms with E-state index in [1.807, 2.05) is 26.0 Å². The van der Waals surface area contributed by atoms with E-state index in [2.05, 4.69) is 14.8 Å². The fraction of sp³-hybridized carbons (Fsp3) is 0.435. The molecule has 3 aromatic rings. The number of ketones is 1. The molecule has 8 nitrogen and oxygen atoms in total. The monoisotopic (exact) mass is 457 g/mol. The lowest BCUT2D eigenvalue weighted by molar-refractivity contribution is 0.0957. The number of methoxy groups -OCH3 is 2. The van der Waals surface area contributed by atoms with Crippen molar-refractivity contribution in [2.45, 2.75) is 44.6 Å². The Balaban J connectivity index is 1.41. The molecule has 170 valence electrons. The van der Waals surface area contributed by atoms with Crippen molar-refractivity contribution < 1.29 is 23.4 Å². The number of carbonyl (C=O) groups excluding carboxylic acids is 1. The van der Waals surface area contributed by atoms with E-state index in [4.69, 9.17) is 18.6 Å². The van der Waals surface area contributed by atoms with E-state index in [1.54, 1.807) is 26.4 Å². The molecule has 0 N–H and O–H groups in total. The maximum absolute atomic E-state index is 12.9. The first-order valence-corrected chi connectivity index (χ1v) is 11.5. The topological polar surface area (TPSA) is 88.6 Å². The van der Waals surface area contributed by atoms with Crippen LogP contribution < -0.4 is 9.47 Å². The number of hydrogen-bond donors (Lipinski definition) is 0. The van der Waals surface area contributed by atoms with Gasteiger partial charge in [-0.3, -0.25) is 4.79 Å². The fourth-order valence-corrected chi connectivity index (χ4v) is 4.56. The number of thioether (sulfide) groups is 1. The molecule has 0 saturated carbocycles. The number of nitrogens with zero attached hydrogens (tertiary/aromatic N) is 3. The second-order valence-electron chi connectivity index (χ2n) is 7.69. The van der Waals surface area contributed by atoms with Crippen LogP contribution in [0.5, 0.6) is 11.5 Å². The summed E-state index contributed by atoms with van der Waals surface area (Å²) in [5.74, 6) is 1.81. The third-order valence-electron chi connectivity index (χ3n) is 5.65. The van der Waals surface area contributed by atoms with E-state index in [9.17, 15) is 4.79 Å². The molecule has 3 heterocycles. The molecular weight excluding hydrogens is 430 g/mol. The van der Waals surface area contributed by atoms with Gasteiger partial charge in [0, 0.05) is 35.7 Å². The van der Waals surface area contributed by atoms with Crippen molar-refractivity contribution in [3.63, 3.8) is 0 Å². The van der Waals surface area contributed by atoms with Gasteiger partial charge >= 0.3 is 0 Å². The Bertz CT molecular complexity index is 1100. The van der Waals surface area contributed by atoms with E-state index in [0.29, 0.717) is 28.2 Å². The van der Waals surface area contributed by atoms with Crippen LogP contribution in [-0.4, -0.2) is 53.2 Å². The molecule has 1 aliphatic heterocycles. The van der Waals surface area contributed by atoms with Crippen molar-refractivity contribution in [2.24, 2.45) is 0 Å². The van der Waals surface area contributed by atoms with Gasteiger partial charge in [0.2, 0.25) is 5.89 Å². The smallest absolute Gasteiger partial charge is 0.277 e. The number of Topliss-reactive ketones (excluding diaryl/α,β-unsaturated/α-hetero) is 1. The van der Waals surface area contributed by atoms with Gasteiger partial charge < -0.3 is 23.2 Å². The number of benzene rings is 1. The van der Waals surface area contributed by atoms with E-state index in [1.165, 1.54) is 11.8 Å². The Morgan fingerprint density at radius 1 is 1.19 bits per heavy atom. The number of aryl methyl sites for hydroxylation is 1. The largest absolute Gasteiger partial charge is 0.493 e. The lowest BCUT2D eigenvalue weighted by Crippen LogP contribution is -2.17. The molecule has 0 spiro atoms. The lowest BCUT2D eigenvalue weighted by atomic mass is 10.2. The molecule has 1 fully saturated rings. The van der Waals surface area contributed by atoms with E-state index >= 15 is 0 Å². The van der Waals surface area contributed by atoms with Crippen LogP contribution in [0.4, 0.5) is 0 Å². The minimum Gasteiger partial charge on any atom is -0.493 e. The molecule has 2 aromatic heterocycles. The number of ether oxygens (including phenoxy) is 3. The highest BCUT2D eigenvalue weighted by Crippen LogP contribution is 2.33. The van der Waals surface area contributed by atoms with Crippen LogP contribution in [0.25, 0.3) is 11.5 Å². The summed E-state index contributed by atoms with van der Waals surface area (Å²) in [4.78, 5) is 12.9. The van der Waals surface area contributed by atoms with Gasteiger partial charge in [-0.15, -0.1) is 10.2 Å². The SMILES string of the molecule is COc1ccc(-c2nnc(SCC(=O)c3cc(C)n(CC4CCCO4)c3C)o2)cc1OC. The summed E-state index contributed by atoms with van der Waals surface area (Å²) in [5.41, 5.74) is 3.48. The quantitative estimate of drug-likeness (QED) is 0.347. The molecule has 9 heteroatoms. The molecule has 0 radical (unpaired) electrons. The molecule has 32 heavy (non-hydrogen) atoms. The normalized spacial score (nSPS) is 15.8. The summed E-state index contributed by atoms with van der Waals surface area (Å²) in [6.45, 7) is 5.62. The van der Waals surface area contributed by atoms with E-state index < -0.39 is 0 Å². The number of aromatic nitrogens is 3. The highest BCUT2D eigenvalue weighted by Gasteiger charge is 2.22. The first kappa shape index (κ1) is 22.4. The zero-order valence-electron chi connectivity index (χ0n) is 18.7. The van der Waals surface area contributed by atoms with Gasteiger partial charge in [-0.2, -0.15) is 0 Å². The van der Waals surface area contributed by atoms with Gasteiger partial charge in [0.1, 0.15) is 0 Å². The maximum Gasteiger partial charge on any atom is 0.277 e. The molecule has 1 aromatic carbocycles. The molecule has 1 atom stereocenters. The summed E-state index contributed by atoms with van der Waals surface area (Å²) >= 11 is 1.23. The highest BCUT2D eigenvalue weighted by atomic mass is 32.2. The zero-order valence-corrected chi connectivity index (χ0v) is 19.5.